The molecule has 1 aromatic carbocycles. The molecule has 0 saturated heterocycles. The van der Waals surface area contributed by atoms with E-state index in [0.717, 1.165) is 31.4 Å². The summed E-state index contributed by atoms with van der Waals surface area (Å²) < 4.78 is 51.9. The minimum atomic E-state index is -3.92. The van der Waals surface area contributed by atoms with Crippen molar-refractivity contribution in [1.29, 1.82) is 0 Å². The molecule has 1 rings (SSSR count). The van der Waals surface area contributed by atoms with E-state index >= 15 is 0 Å². The van der Waals surface area contributed by atoms with E-state index in [4.69, 9.17) is 5.73 Å². The van der Waals surface area contributed by atoms with Gasteiger partial charge in [-0.2, -0.15) is 0 Å². The summed E-state index contributed by atoms with van der Waals surface area (Å²) in [6.07, 6.45) is 3.34. The first-order valence-electron chi connectivity index (χ1n) is 6.12. The summed E-state index contributed by atoms with van der Waals surface area (Å²) in [5.41, 5.74) is 5.33. The average molecular weight is 292 g/mol. The quantitative estimate of drug-likeness (QED) is 0.717. The molecular formula is C12H18F2N2O2S. The minimum Gasteiger partial charge on any atom is -0.330 e. The molecule has 1 aromatic rings. The zero-order chi connectivity index (χ0) is 14.3. The smallest absolute Gasteiger partial charge is 0.243 e. The minimum absolute atomic E-state index is 0.226. The maximum absolute atomic E-state index is 13.3. The first-order chi connectivity index (χ1) is 8.97. The van der Waals surface area contributed by atoms with Crippen LogP contribution in [0.25, 0.3) is 0 Å². The van der Waals surface area contributed by atoms with Gasteiger partial charge >= 0.3 is 0 Å². The first-order valence-corrected chi connectivity index (χ1v) is 7.60. The van der Waals surface area contributed by atoms with Crippen LogP contribution in [0.5, 0.6) is 0 Å². The summed E-state index contributed by atoms with van der Waals surface area (Å²) in [6, 6.07) is 2.39. The number of nitrogens with two attached hydrogens (primary N) is 1. The van der Waals surface area contributed by atoms with Crippen LogP contribution < -0.4 is 10.5 Å². The van der Waals surface area contributed by atoms with Crippen molar-refractivity contribution in [2.45, 2.75) is 30.6 Å². The topological polar surface area (TPSA) is 72.2 Å². The maximum atomic E-state index is 13.3. The molecule has 0 spiro atoms. The number of unbranched alkanes of at least 4 members (excludes halogenated alkanes) is 3. The maximum Gasteiger partial charge on any atom is 0.243 e. The molecule has 0 fully saturated rings. The predicted molar refractivity (Wildman–Crippen MR) is 69.1 cm³/mol. The Bertz CT molecular complexity index is 506. The Balaban J connectivity index is 2.52. The van der Waals surface area contributed by atoms with Gasteiger partial charge in [0.2, 0.25) is 10.0 Å². The van der Waals surface area contributed by atoms with Gasteiger partial charge in [0.25, 0.3) is 0 Å². The number of hydrogen-bond acceptors (Lipinski definition) is 3. The molecule has 3 N–H and O–H groups in total. The fraction of sp³-hybridized carbons (Fsp3) is 0.500. The summed E-state index contributed by atoms with van der Waals surface area (Å²) >= 11 is 0. The van der Waals surface area contributed by atoms with Gasteiger partial charge in [-0.15, -0.1) is 0 Å². The van der Waals surface area contributed by atoms with Crippen molar-refractivity contribution in [3.8, 4) is 0 Å². The normalized spacial score (nSPS) is 11.7. The Morgan fingerprint density at radius 2 is 1.79 bits per heavy atom. The van der Waals surface area contributed by atoms with Crippen LogP contribution in [-0.2, 0) is 10.0 Å². The lowest BCUT2D eigenvalue weighted by Gasteiger charge is -2.07. The van der Waals surface area contributed by atoms with Gasteiger partial charge in [0.15, 0.2) is 0 Å². The van der Waals surface area contributed by atoms with Crippen molar-refractivity contribution >= 4 is 10.0 Å². The molecule has 0 aliphatic heterocycles. The van der Waals surface area contributed by atoms with Gasteiger partial charge in [-0.3, -0.25) is 0 Å². The molecule has 0 aliphatic rings. The van der Waals surface area contributed by atoms with E-state index in [2.05, 4.69) is 4.72 Å². The lowest BCUT2D eigenvalue weighted by atomic mass is 10.2. The second-order valence-electron chi connectivity index (χ2n) is 4.18. The number of hydrogen-bond donors (Lipinski definition) is 2. The van der Waals surface area contributed by atoms with Crippen LogP contribution in [0, 0.1) is 11.6 Å². The van der Waals surface area contributed by atoms with Crippen LogP contribution in [0.4, 0.5) is 8.78 Å². The highest BCUT2D eigenvalue weighted by Gasteiger charge is 2.18. The molecule has 0 saturated carbocycles. The van der Waals surface area contributed by atoms with Crippen LogP contribution in [-0.4, -0.2) is 21.5 Å². The lowest BCUT2D eigenvalue weighted by molar-refractivity contribution is 0.540. The summed E-state index contributed by atoms with van der Waals surface area (Å²) in [7, 11) is -3.92. The number of benzene rings is 1. The molecule has 7 heteroatoms. The SMILES string of the molecule is NCCCCCCNS(=O)(=O)c1ccc(F)cc1F. The van der Waals surface area contributed by atoms with E-state index < -0.39 is 26.6 Å². The lowest BCUT2D eigenvalue weighted by Crippen LogP contribution is -2.25. The van der Waals surface area contributed by atoms with Crippen molar-refractivity contribution in [3.05, 3.63) is 29.8 Å². The van der Waals surface area contributed by atoms with Crippen LogP contribution in [0.15, 0.2) is 23.1 Å². The van der Waals surface area contributed by atoms with E-state index in [1.165, 1.54) is 0 Å². The summed E-state index contributed by atoms with van der Waals surface area (Å²) in [6.45, 7) is 0.843. The Morgan fingerprint density at radius 3 is 2.42 bits per heavy atom. The third-order valence-corrected chi connectivity index (χ3v) is 4.10. The van der Waals surface area contributed by atoms with Crippen LogP contribution in [0.1, 0.15) is 25.7 Å². The van der Waals surface area contributed by atoms with Gasteiger partial charge in [-0.05, 0) is 31.5 Å². The average Bonchev–Trinajstić information content (AvgIpc) is 2.33. The molecule has 0 bridgehead atoms. The molecule has 0 aliphatic carbocycles. The number of sulfonamides is 1. The molecule has 108 valence electrons. The second kappa shape index (κ2) is 7.52. The second-order valence-corrected chi connectivity index (χ2v) is 5.91. The number of halogens is 2. The van der Waals surface area contributed by atoms with E-state index in [9.17, 15) is 17.2 Å². The molecule has 0 unspecified atom stereocenters. The molecule has 4 nitrogen and oxygen atoms in total. The van der Waals surface area contributed by atoms with Gasteiger partial charge < -0.3 is 5.73 Å². The molecule has 19 heavy (non-hydrogen) atoms. The van der Waals surface area contributed by atoms with Crippen LogP contribution in [0.3, 0.4) is 0 Å². The van der Waals surface area contributed by atoms with Gasteiger partial charge in [0.05, 0.1) is 0 Å². The Labute approximate surface area is 112 Å². The fourth-order valence-electron chi connectivity index (χ4n) is 1.60. The third kappa shape index (κ3) is 5.22. The van der Waals surface area contributed by atoms with Crippen LogP contribution in [0.2, 0.25) is 0 Å². The predicted octanol–water partition coefficient (Wildman–Crippen LogP) is 1.76. The third-order valence-electron chi connectivity index (χ3n) is 2.61. The monoisotopic (exact) mass is 292 g/mol. The van der Waals surface area contributed by atoms with Crippen molar-refractivity contribution in [2.24, 2.45) is 5.73 Å². The van der Waals surface area contributed by atoms with Gasteiger partial charge in [-0.25, -0.2) is 21.9 Å². The zero-order valence-electron chi connectivity index (χ0n) is 10.5. The highest BCUT2D eigenvalue weighted by molar-refractivity contribution is 7.89. The van der Waals surface area contributed by atoms with Gasteiger partial charge in [0.1, 0.15) is 16.5 Å². The fourth-order valence-corrected chi connectivity index (χ4v) is 2.73. The number of rotatable bonds is 8. The van der Waals surface area contributed by atoms with Gasteiger partial charge in [0, 0.05) is 12.6 Å². The van der Waals surface area contributed by atoms with Crippen LogP contribution >= 0.6 is 0 Å². The zero-order valence-corrected chi connectivity index (χ0v) is 11.3. The molecule has 0 amide bonds. The Hall–Kier alpha value is -1.05. The van der Waals surface area contributed by atoms with E-state index in [0.29, 0.717) is 19.0 Å². The Kier molecular flexibility index (Phi) is 6.33. The molecule has 0 radical (unpaired) electrons. The van der Waals surface area contributed by atoms with Gasteiger partial charge in [-0.1, -0.05) is 12.8 Å². The molecule has 0 heterocycles. The summed E-state index contributed by atoms with van der Waals surface area (Å²) in [4.78, 5) is -0.532. The van der Waals surface area contributed by atoms with Crippen molar-refractivity contribution in [2.75, 3.05) is 13.1 Å². The molecule has 0 aromatic heterocycles. The molecule has 0 atom stereocenters. The largest absolute Gasteiger partial charge is 0.330 e. The summed E-state index contributed by atoms with van der Waals surface area (Å²) in [5, 5.41) is 0. The standard InChI is InChI=1S/C12H18F2N2O2S/c13-10-5-6-12(11(14)9-10)19(17,18)16-8-4-2-1-3-7-15/h5-6,9,16H,1-4,7-8,15H2. The van der Waals surface area contributed by atoms with E-state index in [-0.39, 0.29) is 6.54 Å². The Morgan fingerprint density at radius 1 is 1.11 bits per heavy atom. The van der Waals surface area contributed by atoms with Crippen molar-refractivity contribution < 1.29 is 17.2 Å². The summed E-state index contributed by atoms with van der Waals surface area (Å²) in [5.74, 6) is -1.89. The van der Waals surface area contributed by atoms with E-state index in [1.54, 1.807) is 0 Å². The van der Waals surface area contributed by atoms with Crippen molar-refractivity contribution in [3.63, 3.8) is 0 Å². The van der Waals surface area contributed by atoms with Crippen molar-refractivity contribution in [1.82, 2.24) is 4.72 Å². The first kappa shape index (κ1) is 16.0. The highest BCUT2D eigenvalue weighted by Crippen LogP contribution is 2.15. The highest BCUT2D eigenvalue weighted by atomic mass is 32.2. The van der Waals surface area contributed by atoms with E-state index in [1.807, 2.05) is 0 Å². The number of nitrogens with one attached hydrogen (secondary N) is 1. The molecular weight excluding hydrogens is 274 g/mol.